The molecular weight excluding hydrogens is 466 g/mol. The summed E-state index contributed by atoms with van der Waals surface area (Å²) in [6.07, 6.45) is 3.16. The van der Waals surface area contributed by atoms with Crippen LogP contribution in [-0.2, 0) is 29.4 Å². The molecule has 36 heavy (non-hydrogen) atoms. The second-order valence-corrected chi connectivity index (χ2v) is 10.1. The number of carbonyl (C=O) groups is 2. The maximum atomic E-state index is 12.5. The Kier molecular flexibility index (Phi) is 7.76. The Morgan fingerprint density at radius 1 is 1.31 bits per heavy atom. The molecule has 3 N–H and O–H groups in total. The number of nitriles is 1. The van der Waals surface area contributed by atoms with Gasteiger partial charge in [0.05, 0.1) is 5.69 Å². The molecule has 4 rings (SSSR count). The van der Waals surface area contributed by atoms with Gasteiger partial charge in [0, 0.05) is 12.8 Å². The first-order chi connectivity index (χ1) is 17.2. The number of aliphatic hydroxyl groups excluding tert-OH is 1. The molecule has 0 amide bonds. The molecule has 1 aliphatic carbocycles. The number of aromatic nitrogens is 3. The minimum absolute atomic E-state index is 0.0266. The van der Waals surface area contributed by atoms with Gasteiger partial charge in [-0.15, -0.1) is 0 Å². The summed E-state index contributed by atoms with van der Waals surface area (Å²) in [6, 6.07) is 5.20. The molecule has 0 aromatic carbocycles. The number of ether oxygens (including phenoxy) is 3. The number of hydrogen-bond donors (Lipinski definition) is 2. The van der Waals surface area contributed by atoms with Crippen molar-refractivity contribution in [1.82, 2.24) is 14.6 Å². The first kappa shape index (κ1) is 25.9. The van der Waals surface area contributed by atoms with Crippen LogP contribution < -0.4 is 5.73 Å². The van der Waals surface area contributed by atoms with Crippen LogP contribution in [0.15, 0.2) is 18.5 Å². The van der Waals surface area contributed by atoms with Crippen LogP contribution in [-0.4, -0.2) is 56.6 Å². The molecule has 11 nitrogen and oxygen atoms in total. The molecule has 2 aliphatic rings. The van der Waals surface area contributed by atoms with Crippen molar-refractivity contribution in [1.29, 1.82) is 5.26 Å². The molecule has 3 heterocycles. The van der Waals surface area contributed by atoms with Crippen molar-refractivity contribution in [2.24, 2.45) is 11.8 Å². The van der Waals surface area contributed by atoms with Crippen molar-refractivity contribution < 1.29 is 28.9 Å². The third kappa shape index (κ3) is 5.15. The molecule has 2 aromatic rings. The Morgan fingerprint density at radius 3 is 2.75 bits per heavy atom. The summed E-state index contributed by atoms with van der Waals surface area (Å²) in [7, 11) is 0. The lowest BCUT2D eigenvalue weighted by Gasteiger charge is -2.24. The Labute approximate surface area is 209 Å². The number of carbonyl (C=O) groups excluding carboxylic acids is 2. The van der Waals surface area contributed by atoms with Crippen molar-refractivity contribution in [2.45, 2.75) is 82.7 Å². The van der Waals surface area contributed by atoms with E-state index in [4.69, 9.17) is 19.9 Å². The fraction of sp³-hybridized carbons (Fsp3) is 0.640. The summed E-state index contributed by atoms with van der Waals surface area (Å²) in [4.78, 5) is 29.0. The topological polar surface area (TPSA) is 162 Å². The van der Waals surface area contributed by atoms with Gasteiger partial charge < -0.3 is 25.1 Å². The fourth-order valence-electron chi connectivity index (χ4n) is 5.07. The van der Waals surface area contributed by atoms with Crippen LogP contribution in [0.5, 0.6) is 0 Å². The molecule has 194 valence electrons. The predicted molar refractivity (Wildman–Crippen MR) is 127 cm³/mol. The summed E-state index contributed by atoms with van der Waals surface area (Å²) in [5.74, 6) is -0.424. The summed E-state index contributed by atoms with van der Waals surface area (Å²) >= 11 is 0. The average Bonchev–Trinajstić information content (AvgIpc) is 3.39. The van der Waals surface area contributed by atoms with Crippen molar-refractivity contribution in [2.75, 3.05) is 12.3 Å². The number of nitrogen functional groups attached to an aromatic ring is 1. The zero-order valence-corrected chi connectivity index (χ0v) is 20.6. The fourth-order valence-corrected chi connectivity index (χ4v) is 5.07. The smallest absolute Gasteiger partial charge is 0.306 e. The maximum absolute atomic E-state index is 12.5. The average molecular weight is 500 g/mol. The van der Waals surface area contributed by atoms with Crippen LogP contribution in [0.4, 0.5) is 5.82 Å². The second kappa shape index (κ2) is 10.8. The van der Waals surface area contributed by atoms with Crippen LogP contribution in [0.1, 0.15) is 64.5 Å². The Bertz CT molecular complexity index is 1140. The number of aliphatic hydroxyl groups is 1. The molecule has 1 saturated heterocycles. The first-order valence-corrected chi connectivity index (χ1v) is 12.5. The van der Waals surface area contributed by atoms with Gasteiger partial charge in [-0.2, -0.15) is 10.4 Å². The lowest BCUT2D eigenvalue weighted by Crippen LogP contribution is -2.43. The van der Waals surface area contributed by atoms with Gasteiger partial charge in [0.1, 0.15) is 36.7 Å². The molecule has 0 radical (unpaired) electrons. The van der Waals surface area contributed by atoms with E-state index in [1.807, 2.05) is 19.9 Å². The van der Waals surface area contributed by atoms with Gasteiger partial charge in [0.25, 0.3) is 0 Å². The normalized spacial score (nSPS) is 26.7. The van der Waals surface area contributed by atoms with E-state index in [2.05, 4.69) is 10.1 Å². The molecule has 0 bridgehead atoms. The van der Waals surface area contributed by atoms with E-state index in [9.17, 15) is 20.0 Å². The number of hydrogen-bond acceptors (Lipinski definition) is 10. The molecule has 1 saturated carbocycles. The van der Waals surface area contributed by atoms with Crippen LogP contribution in [0.3, 0.4) is 0 Å². The minimum atomic E-state index is -1.95. The molecule has 11 heteroatoms. The first-order valence-electron chi connectivity index (χ1n) is 12.5. The molecule has 0 spiro atoms. The Morgan fingerprint density at radius 2 is 2.06 bits per heavy atom. The van der Waals surface area contributed by atoms with Gasteiger partial charge in [0.2, 0.25) is 5.60 Å². The van der Waals surface area contributed by atoms with E-state index in [-0.39, 0.29) is 42.3 Å². The van der Waals surface area contributed by atoms with Gasteiger partial charge in [-0.05, 0) is 36.8 Å². The van der Waals surface area contributed by atoms with E-state index in [1.54, 1.807) is 12.1 Å². The molecule has 2 aromatic heterocycles. The van der Waals surface area contributed by atoms with Crippen LogP contribution >= 0.6 is 0 Å². The number of nitrogens with zero attached hydrogens (tertiary/aromatic N) is 4. The van der Waals surface area contributed by atoms with Gasteiger partial charge in [-0.3, -0.25) is 9.59 Å². The third-order valence-electron chi connectivity index (χ3n) is 6.89. The summed E-state index contributed by atoms with van der Waals surface area (Å²) < 4.78 is 18.5. The lowest BCUT2D eigenvalue weighted by atomic mass is 9.87. The van der Waals surface area contributed by atoms with E-state index >= 15 is 0 Å². The molecule has 4 atom stereocenters. The molecular formula is C25H33N5O6. The quantitative estimate of drug-likeness (QED) is 0.515. The monoisotopic (exact) mass is 499 g/mol. The zero-order chi connectivity index (χ0) is 25.9. The second-order valence-electron chi connectivity index (χ2n) is 10.1. The van der Waals surface area contributed by atoms with Crippen molar-refractivity contribution in [3.63, 3.8) is 0 Å². The van der Waals surface area contributed by atoms with Gasteiger partial charge >= 0.3 is 11.9 Å². The maximum Gasteiger partial charge on any atom is 0.306 e. The lowest BCUT2D eigenvalue weighted by molar-refractivity contribution is -0.161. The number of anilines is 1. The van der Waals surface area contributed by atoms with E-state index in [0.29, 0.717) is 11.9 Å². The highest BCUT2D eigenvalue weighted by Gasteiger charge is 2.60. The number of fused-ring (bicyclic) bond motifs is 1. The van der Waals surface area contributed by atoms with E-state index < -0.39 is 29.9 Å². The summed E-state index contributed by atoms with van der Waals surface area (Å²) in [5, 5.41) is 25.7. The van der Waals surface area contributed by atoms with Crippen molar-refractivity contribution >= 4 is 23.3 Å². The van der Waals surface area contributed by atoms with E-state index in [0.717, 1.165) is 25.7 Å². The SMILES string of the molecule is CC(C)CC(=O)O[C@H]1[C@@H](O)[C@](C#N)(c2ccc3c(N)ncnn23)O[C@@H]1COC(=O)CC1CCCCC1. The number of nitrogens with two attached hydrogens (primary N) is 1. The van der Waals surface area contributed by atoms with Gasteiger partial charge in [-0.25, -0.2) is 9.50 Å². The molecule has 0 unspecified atom stereocenters. The Hall–Kier alpha value is -3.23. The summed E-state index contributed by atoms with van der Waals surface area (Å²) in [5.41, 5.74) is 4.60. The van der Waals surface area contributed by atoms with Crippen molar-refractivity contribution in [3.8, 4) is 6.07 Å². The standard InChI is InChI=1S/C25H33N5O6/c1-15(2)10-21(32)35-22-18(12-34-20(31)11-16-6-4-3-5-7-16)36-25(13-26,23(22)33)19-9-8-17-24(27)28-14-29-30(17)19/h8-9,14-16,18,22-23,33H,3-7,10-12H2,1-2H3,(H2,27,28,29)/t18-,22-,23-,25+/m1/s1. The van der Waals surface area contributed by atoms with Gasteiger partial charge in [-0.1, -0.05) is 33.1 Å². The Balaban J connectivity index is 1.58. The zero-order valence-electron chi connectivity index (χ0n) is 20.6. The minimum Gasteiger partial charge on any atom is -0.463 e. The van der Waals surface area contributed by atoms with Crippen LogP contribution in [0, 0.1) is 23.2 Å². The molecule has 2 fully saturated rings. The predicted octanol–water partition coefficient (Wildman–Crippen LogP) is 2.26. The highest BCUT2D eigenvalue weighted by atomic mass is 16.6. The number of esters is 2. The highest BCUT2D eigenvalue weighted by molar-refractivity contribution is 5.71. The van der Waals surface area contributed by atoms with Crippen LogP contribution in [0.25, 0.3) is 5.52 Å². The van der Waals surface area contributed by atoms with Gasteiger partial charge in [0.15, 0.2) is 11.9 Å². The molecule has 1 aliphatic heterocycles. The third-order valence-corrected chi connectivity index (χ3v) is 6.89. The van der Waals surface area contributed by atoms with E-state index in [1.165, 1.54) is 17.3 Å². The van der Waals surface area contributed by atoms with Crippen LogP contribution in [0.2, 0.25) is 0 Å². The number of rotatable bonds is 8. The highest BCUT2D eigenvalue weighted by Crippen LogP contribution is 2.42. The summed E-state index contributed by atoms with van der Waals surface area (Å²) in [6.45, 7) is 3.46. The van der Waals surface area contributed by atoms with Crippen molar-refractivity contribution in [3.05, 3.63) is 24.2 Å². The largest absolute Gasteiger partial charge is 0.463 e.